The molecule has 0 fully saturated rings. The summed E-state index contributed by atoms with van der Waals surface area (Å²) in [5, 5.41) is 25.8. The van der Waals surface area contributed by atoms with Crippen molar-refractivity contribution in [3.05, 3.63) is 78.9 Å². The number of fused-ring (bicyclic) bond motifs is 1. The third-order valence-corrected chi connectivity index (χ3v) is 6.39. The molecule has 0 heterocycles. The number of nitrogens with zero attached hydrogens (tertiary/aromatic N) is 4. The van der Waals surface area contributed by atoms with Gasteiger partial charge in [-0.2, -0.15) is 15.3 Å². The van der Waals surface area contributed by atoms with Crippen LogP contribution >= 0.6 is 0 Å². The average Bonchev–Trinajstić information content (AvgIpc) is 2.81. The van der Waals surface area contributed by atoms with E-state index < -0.39 is 35.8 Å². The maximum Gasteiger partial charge on any atom is 1.00 e. The number of azo groups is 2. The fourth-order valence-corrected chi connectivity index (χ4v) is 4.46. The van der Waals surface area contributed by atoms with Gasteiger partial charge in [-0.15, -0.1) is 5.11 Å². The van der Waals surface area contributed by atoms with Gasteiger partial charge in [0, 0.05) is 5.39 Å². The van der Waals surface area contributed by atoms with E-state index in [-0.39, 0.29) is 97.4 Å². The fourth-order valence-electron chi connectivity index (χ4n) is 3.12. The van der Waals surface area contributed by atoms with Crippen LogP contribution in [-0.2, 0) is 20.2 Å². The van der Waals surface area contributed by atoms with Gasteiger partial charge in [-0.05, 0) is 60.0 Å². The molecule has 11 nitrogen and oxygen atoms in total. The Labute approximate surface area is 277 Å². The minimum Gasteiger partial charge on any atom is -0.744 e. The van der Waals surface area contributed by atoms with Gasteiger partial charge in [-0.3, -0.25) is 0 Å². The van der Waals surface area contributed by atoms with E-state index in [1.54, 1.807) is 36.4 Å². The monoisotopic (exact) mass is 572 g/mol. The number of hydrogen-bond donors (Lipinski definition) is 1. The quantitative estimate of drug-likeness (QED) is 0.178. The Morgan fingerprint density at radius 1 is 0.649 bits per heavy atom. The molecule has 0 aromatic heterocycles. The molecule has 0 saturated carbocycles. The van der Waals surface area contributed by atoms with Crippen LogP contribution in [0.15, 0.2) is 109 Å². The molecule has 37 heavy (non-hydrogen) atoms. The van der Waals surface area contributed by atoms with Gasteiger partial charge in [0.15, 0.2) is 0 Å². The van der Waals surface area contributed by atoms with Crippen LogP contribution in [0.2, 0.25) is 0 Å². The van der Waals surface area contributed by atoms with Crippen molar-refractivity contribution in [2.24, 2.45) is 20.5 Å². The van der Waals surface area contributed by atoms with Crippen LogP contribution in [0, 0.1) is 0 Å². The minimum atomic E-state index is -5.26. The Balaban J connectivity index is 0.00000241. The van der Waals surface area contributed by atoms with Gasteiger partial charge >= 0.3 is 80.9 Å². The topological polar surface area (TPSA) is 184 Å². The fraction of sp³-hybridized carbons (Fsp3) is 0. The summed E-state index contributed by atoms with van der Waals surface area (Å²) >= 11 is 0. The summed E-state index contributed by atoms with van der Waals surface area (Å²) in [5.41, 5.74) is 1.09. The van der Waals surface area contributed by atoms with Gasteiger partial charge in [0.05, 0.1) is 26.9 Å². The van der Waals surface area contributed by atoms with E-state index >= 15 is 0 Å². The Bertz CT molecular complexity index is 1700. The van der Waals surface area contributed by atoms with E-state index in [9.17, 15) is 31.0 Å². The largest absolute Gasteiger partial charge is 1.00 e. The molecule has 4 aromatic rings. The van der Waals surface area contributed by atoms with Gasteiger partial charge in [0.1, 0.15) is 31.7 Å². The number of phenolic OH excluding ortho intramolecular Hbond substituents is 1. The van der Waals surface area contributed by atoms with Gasteiger partial charge in [-0.1, -0.05) is 24.3 Å². The molecule has 0 atom stereocenters. The predicted octanol–water partition coefficient (Wildman–Crippen LogP) is -0.808. The van der Waals surface area contributed by atoms with Crippen molar-refractivity contribution >= 4 is 53.8 Å². The third-order valence-electron chi connectivity index (χ3n) is 4.72. The first-order valence-corrected chi connectivity index (χ1v) is 12.5. The van der Waals surface area contributed by atoms with E-state index in [1.807, 2.05) is 18.2 Å². The van der Waals surface area contributed by atoms with Crippen LogP contribution in [0.5, 0.6) is 5.75 Å². The van der Waals surface area contributed by atoms with Gasteiger partial charge in [-0.25, -0.2) is 16.8 Å². The molecular weight excluding hydrogens is 558 g/mol. The second-order valence-electron chi connectivity index (χ2n) is 7.11. The second kappa shape index (κ2) is 13.1. The maximum atomic E-state index is 11.8. The van der Waals surface area contributed by atoms with Crippen LogP contribution in [0.4, 0.5) is 22.7 Å². The zero-order valence-electron chi connectivity index (χ0n) is 19.5. The van der Waals surface area contributed by atoms with E-state index in [4.69, 9.17) is 0 Å². The molecule has 0 unspecified atom stereocenters. The number of rotatable bonds is 6. The van der Waals surface area contributed by atoms with Gasteiger partial charge in [0.2, 0.25) is 0 Å². The van der Waals surface area contributed by atoms with Crippen molar-refractivity contribution in [2.75, 3.05) is 0 Å². The Morgan fingerprint density at radius 2 is 1.16 bits per heavy atom. The molecule has 0 aliphatic heterocycles. The third kappa shape index (κ3) is 8.04. The molecule has 15 heteroatoms. The van der Waals surface area contributed by atoms with Crippen LogP contribution < -0.4 is 80.9 Å². The Kier molecular flexibility index (Phi) is 11.3. The van der Waals surface area contributed by atoms with Crippen molar-refractivity contribution in [3.8, 4) is 5.75 Å². The molecule has 0 spiro atoms. The SMILES string of the molecule is O=S(=O)([O-])c1cc(S(=O)(=O)[O-])c2c(N=Nc3ccc(N=Nc4ccccc4)cc3)c(O)ccc2c1.[K+].[Na+]. The minimum absolute atomic E-state index is 0. The molecule has 0 bridgehead atoms. The first-order chi connectivity index (χ1) is 16.5. The number of hydrogen-bond acceptors (Lipinski definition) is 11. The predicted molar refractivity (Wildman–Crippen MR) is 123 cm³/mol. The second-order valence-corrected chi connectivity index (χ2v) is 9.84. The summed E-state index contributed by atoms with van der Waals surface area (Å²) in [6.45, 7) is 0. The molecule has 0 amide bonds. The van der Waals surface area contributed by atoms with Gasteiger partial charge < -0.3 is 14.2 Å². The first kappa shape index (κ1) is 31.8. The van der Waals surface area contributed by atoms with Crippen LogP contribution in [-0.4, -0.2) is 31.0 Å². The Hall–Kier alpha value is -1.40. The number of benzene rings is 4. The molecule has 0 radical (unpaired) electrons. The number of phenols is 1. The maximum absolute atomic E-state index is 11.8. The van der Waals surface area contributed by atoms with Crippen molar-refractivity contribution < 1.29 is 112 Å². The van der Waals surface area contributed by atoms with Crippen molar-refractivity contribution in [1.82, 2.24) is 0 Å². The molecule has 4 rings (SSSR count). The Morgan fingerprint density at radius 3 is 1.68 bits per heavy atom. The standard InChI is InChI=1S/C22H16N4O7S2.K.Na/c27-19-11-6-14-12-18(34(28,29)30)13-20(35(31,32)33)21(14)22(19)26-25-17-9-7-16(8-10-17)24-23-15-4-2-1-3-5-15;;/h1-13,27H,(H,28,29,30)(H,31,32,33);;/q;2*+1/p-2. The van der Waals surface area contributed by atoms with Crippen LogP contribution in [0.1, 0.15) is 0 Å². The first-order valence-electron chi connectivity index (χ1n) is 9.72. The summed E-state index contributed by atoms with van der Waals surface area (Å²) in [7, 11) is -10.3. The number of aromatic hydroxyl groups is 1. The summed E-state index contributed by atoms with van der Waals surface area (Å²) in [6, 6.07) is 18.9. The molecular formula is C22H14KN4NaO7S2. The summed E-state index contributed by atoms with van der Waals surface area (Å²) < 4.78 is 69.8. The van der Waals surface area contributed by atoms with E-state index in [0.717, 1.165) is 18.2 Å². The molecule has 178 valence electrons. The zero-order valence-corrected chi connectivity index (χ0v) is 26.3. The van der Waals surface area contributed by atoms with E-state index in [1.165, 1.54) is 0 Å². The van der Waals surface area contributed by atoms with Crippen molar-refractivity contribution in [2.45, 2.75) is 9.79 Å². The zero-order chi connectivity index (χ0) is 25.2. The average molecular weight is 573 g/mol. The molecule has 0 aliphatic rings. The summed E-state index contributed by atoms with van der Waals surface area (Å²) in [6.07, 6.45) is 0. The molecule has 0 aliphatic carbocycles. The normalized spacial score (nSPS) is 11.9. The molecule has 1 N–H and O–H groups in total. The summed E-state index contributed by atoms with van der Waals surface area (Å²) in [4.78, 5) is -1.93. The van der Waals surface area contributed by atoms with Crippen LogP contribution in [0.25, 0.3) is 10.8 Å². The molecule has 0 saturated heterocycles. The smallest absolute Gasteiger partial charge is 0.744 e. The molecule has 4 aromatic carbocycles. The van der Waals surface area contributed by atoms with Gasteiger partial charge in [0.25, 0.3) is 0 Å². The van der Waals surface area contributed by atoms with E-state index in [0.29, 0.717) is 23.1 Å². The van der Waals surface area contributed by atoms with E-state index in [2.05, 4.69) is 20.5 Å². The van der Waals surface area contributed by atoms with Crippen molar-refractivity contribution in [1.29, 1.82) is 0 Å². The summed E-state index contributed by atoms with van der Waals surface area (Å²) in [5.74, 6) is -0.517. The van der Waals surface area contributed by atoms with Crippen molar-refractivity contribution in [3.63, 3.8) is 0 Å². The van der Waals surface area contributed by atoms with Crippen LogP contribution in [0.3, 0.4) is 0 Å².